The van der Waals surface area contributed by atoms with Gasteiger partial charge in [0.1, 0.15) is 0 Å². The van der Waals surface area contributed by atoms with Crippen molar-refractivity contribution in [1.29, 1.82) is 0 Å². The number of anilines is 1. The maximum Gasteiger partial charge on any atom is 0.319 e. The monoisotopic (exact) mass is 284 g/mol. The van der Waals surface area contributed by atoms with Crippen LogP contribution in [0, 0.1) is 0 Å². The second kappa shape index (κ2) is 7.63. The molecule has 0 aliphatic heterocycles. The van der Waals surface area contributed by atoms with Gasteiger partial charge in [0, 0.05) is 6.04 Å². The number of rotatable bonds is 6. The van der Waals surface area contributed by atoms with E-state index in [4.69, 9.17) is 16.7 Å². The Bertz CT molecular complexity index is 451. The zero-order chi connectivity index (χ0) is 14.3. The third-order valence-electron chi connectivity index (χ3n) is 2.52. The predicted molar refractivity (Wildman–Crippen MR) is 74.6 cm³/mol. The second-order valence-electron chi connectivity index (χ2n) is 4.16. The van der Waals surface area contributed by atoms with Crippen molar-refractivity contribution >= 4 is 29.3 Å². The van der Waals surface area contributed by atoms with Crippen molar-refractivity contribution in [1.82, 2.24) is 5.32 Å². The summed E-state index contributed by atoms with van der Waals surface area (Å²) in [7, 11) is 0. The number of para-hydroxylation sites is 1. The first-order valence-electron chi connectivity index (χ1n) is 6.06. The highest BCUT2D eigenvalue weighted by Crippen LogP contribution is 2.20. The minimum absolute atomic E-state index is 0.0935. The maximum atomic E-state index is 11.8. The lowest BCUT2D eigenvalue weighted by Crippen LogP contribution is -2.39. The fourth-order valence-corrected chi connectivity index (χ4v) is 1.87. The van der Waals surface area contributed by atoms with Gasteiger partial charge < -0.3 is 15.7 Å². The van der Waals surface area contributed by atoms with E-state index in [-0.39, 0.29) is 12.5 Å². The quantitative estimate of drug-likeness (QED) is 0.751. The number of benzene rings is 1. The van der Waals surface area contributed by atoms with Crippen molar-refractivity contribution in [3.63, 3.8) is 0 Å². The van der Waals surface area contributed by atoms with E-state index in [0.717, 1.165) is 6.42 Å². The third-order valence-corrected chi connectivity index (χ3v) is 2.85. The van der Waals surface area contributed by atoms with Crippen molar-refractivity contribution < 1.29 is 14.7 Å². The summed E-state index contributed by atoms with van der Waals surface area (Å²) in [5.74, 6) is -0.934. The number of carbonyl (C=O) groups is 2. The molecule has 1 atom stereocenters. The molecule has 2 amide bonds. The summed E-state index contributed by atoms with van der Waals surface area (Å²) in [6, 6.07) is 6.02. The third kappa shape index (κ3) is 5.61. The van der Waals surface area contributed by atoms with E-state index in [0.29, 0.717) is 17.1 Å². The van der Waals surface area contributed by atoms with E-state index in [2.05, 4.69) is 10.6 Å². The van der Waals surface area contributed by atoms with Gasteiger partial charge in [-0.3, -0.25) is 4.79 Å². The van der Waals surface area contributed by atoms with Crippen LogP contribution in [0.15, 0.2) is 24.3 Å². The Morgan fingerprint density at radius 2 is 2.05 bits per heavy atom. The molecule has 104 valence electrons. The van der Waals surface area contributed by atoms with Crippen molar-refractivity contribution in [3.05, 3.63) is 29.3 Å². The first-order chi connectivity index (χ1) is 9.02. The van der Waals surface area contributed by atoms with Gasteiger partial charge in [-0.05, 0) is 18.6 Å². The lowest BCUT2D eigenvalue weighted by atomic mass is 10.1. The van der Waals surface area contributed by atoms with Crippen LogP contribution in [0.2, 0.25) is 5.02 Å². The molecular formula is C13H17ClN2O3. The highest BCUT2D eigenvalue weighted by molar-refractivity contribution is 6.33. The SMILES string of the molecule is CCCC(CC(=O)O)NC(=O)Nc1ccccc1Cl. The molecule has 0 aromatic heterocycles. The number of carbonyl (C=O) groups excluding carboxylic acids is 1. The summed E-state index contributed by atoms with van der Waals surface area (Å²) in [6.45, 7) is 1.93. The number of carboxylic acid groups (broad SMARTS) is 1. The maximum absolute atomic E-state index is 11.8. The molecule has 1 rings (SSSR count). The van der Waals surface area contributed by atoms with Crippen LogP contribution in [-0.4, -0.2) is 23.1 Å². The normalized spacial score (nSPS) is 11.7. The van der Waals surface area contributed by atoms with E-state index in [1.54, 1.807) is 24.3 Å². The summed E-state index contributed by atoms with van der Waals surface area (Å²) in [4.78, 5) is 22.4. The topological polar surface area (TPSA) is 78.4 Å². The van der Waals surface area contributed by atoms with Gasteiger partial charge in [-0.1, -0.05) is 37.1 Å². The number of halogens is 1. The Labute approximate surface area is 117 Å². The van der Waals surface area contributed by atoms with Crippen LogP contribution in [-0.2, 0) is 4.79 Å². The van der Waals surface area contributed by atoms with Gasteiger partial charge in [-0.2, -0.15) is 0 Å². The molecule has 0 heterocycles. The van der Waals surface area contributed by atoms with Gasteiger partial charge in [-0.15, -0.1) is 0 Å². The number of carboxylic acids is 1. The summed E-state index contributed by atoms with van der Waals surface area (Å²) in [6.07, 6.45) is 1.32. The highest BCUT2D eigenvalue weighted by Gasteiger charge is 2.15. The van der Waals surface area contributed by atoms with Crippen molar-refractivity contribution in [2.75, 3.05) is 5.32 Å². The molecule has 19 heavy (non-hydrogen) atoms. The number of nitrogens with one attached hydrogen (secondary N) is 2. The largest absolute Gasteiger partial charge is 0.481 e. The molecule has 0 aliphatic rings. The predicted octanol–water partition coefficient (Wildman–Crippen LogP) is 3.10. The average molecular weight is 285 g/mol. The first-order valence-corrected chi connectivity index (χ1v) is 6.44. The molecule has 0 saturated carbocycles. The van der Waals surface area contributed by atoms with E-state index in [1.165, 1.54) is 0 Å². The van der Waals surface area contributed by atoms with Gasteiger partial charge in [0.2, 0.25) is 0 Å². The Morgan fingerprint density at radius 3 is 2.63 bits per heavy atom. The zero-order valence-electron chi connectivity index (χ0n) is 10.6. The van der Waals surface area contributed by atoms with E-state index >= 15 is 0 Å². The fraction of sp³-hybridized carbons (Fsp3) is 0.385. The smallest absolute Gasteiger partial charge is 0.319 e. The number of amides is 2. The van der Waals surface area contributed by atoms with Gasteiger partial charge in [-0.25, -0.2) is 4.79 Å². The molecule has 1 unspecified atom stereocenters. The second-order valence-corrected chi connectivity index (χ2v) is 4.57. The van der Waals surface area contributed by atoms with E-state index in [1.807, 2.05) is 6.92 Å². The summed E-state index contributed by atoms with van der Waals surface area (Å²) in [5, 5.41) is 14.4. The Morgan fingerprint density at radius 1 is 1.37 bits per heavy atom. The molecule has 0 aliphatic carbocycles. The average Bonchev–Trinajstić information content (AvgIpc) is 2.31. The number of aliphatic carboxylic acids is 1. The van der Waals surface area contributed by atoms with Crippen LogP contribution in [0.1, 0.15) is 26.2 Å². The van der Waals surface area contributed by atoms with Crippen molar-refractivity contribution in [3.8, 4) is 0 Å². The molecule has 1 aromatic rings. The minimum Gasteiger partial charge on any atom is -0.481 e. The molecule has 0 spiro atoms. The Kier molecular flexibility index (Phi) is 6.15. The molecular weight excluding hydrogens is 268 g/mol. The van der Waals surface area contributed by atoms with E-state index < -0.39 is 12.0 Å². The molecule has 0 fully saturated rings. The lowest BCUT2D eigenvalue weighted by molar-refractivity contribution is -0.137. The summed E-state index contributed by atoms with van der Waals surface area (Å²) in [5.41, 5.74) is 0.493. The Balaban J connectivity index is 2.57. The molecule has 1 aromatic carbocycles. The Hall–Kier alpha value is -1.75. The standard InChI is InChI=1S/C13H17ClN2O3/c1-2-5-9(8-12(17)18)15-13(19)16-11-7-4-3-6-10(11)14/h3-4,6-7,9H,2,5,8H2,1H3,(H,17,18)(H2,15,16,19). The number of urea groups is 1. The fourth-order valence-electron chi connectivity index (χ4n) is 1.69. The number of hydrogen-bond acceptors (Lipinski definition) is 2. The van der Waals surface area contributed by atoms with Crippen LogP contribution in [0.5, 0.6) is 0 Å². The minimum atomic E-state index is -0.934. The molecule has 0 radical (unpaired) electrons. The van der Waals surface area contributed by atoms with Gasteiger partial charge in [0.15, 0.2) is 0 Å². The van der Waals surface area contributed by atoms with Crippen molar-refractivity contribution in [2.45, 2.75) is 32.2 Å². The summed E-state index contributed by atoms with van der Waals surface area (Å²) >= 11 is 5.91. The van der Waals surface area contributed by atoms with Crippen LogP contribution in [0.4, 0.5) is 10.5 Å². The van der Waals surface area contributed by atoms with Crippen LogP contribution < -0.4 is 10.6 Å². The van der Waals surface area contributed by atoms with Gasteiger partial charge in [0.25, 0.3) is 0 Å². The summed E-state index contributed by atoms with van der Waals surface area (Å²) < 4.78 is 0. The zero-order valence-corrected chi connectivity index (χ0v) is 11.4. The van der Waals surface area contributed by atoms with Gasteiger partial charge in [0.05, 0.1) is 17.1 Å². The number of hydrogen-bond donors (Lipinski definition) is 3. The highest BCUT2D eigenvalue weighted by atomic mass is 35.5. The molecule has 0 bridgehead atoms. The molecule has 3 N–H and O–H groups in total. The lowest BCUT2D eigenvalue weighted by Gasteiger charge is -2.17. The molecule has 5 nitrogen and oxygen atoms in total. The van der Waals surface area contributed by atoms with Crippen LogP contribution >= 0.6 is 11.6 Å². The first kappa shape index (κ1) is 15.3. The molecule has 0 saturated heterocycles. The van der Waals surface area contributed by atoms with Crippen LogP contribution in [0.3, 0.4) is 0 Å². The molecule has 6 heteroatoms. The van der Waals surface area contributed by atoms with Gasteiger partial charge >= 0.3 is 12.0 Å². The van der Waals surface area contributed by atoms with E-state index in [9.17, 15) is 9.59 Å². The van der Waals surface area contributed by atoms with Crippen molar-refractivity contribution in [2.24, 2.45) is 0 Å². The van der Waals surface area contributed by atoms with Crippen LogP contribution in [0.25, 0.3) is 0 Å².